The number of anilines is 2. The minimum absolute atomic E-state index is 0.572. The maximum absolute atomic E-state index is 6.14. The summed E-state index contributed by atoms with van der Waals surface area (Å²) in [4.78, 5) is 0. The molecule has 0 bridgehead atoms. The topological polar surface area (TPSA) is 24.5 Å². The molecule has 0 spiro atoms. The molecule has 0 aliphatic rings. The maximum atomic E-state index is 6.14. The lowest BCUT2D eigenvalue weighted by atomic mass is 10.3. The molecular weight excluding hydrogens is 271 g/mol. The van der Waals surface area contributed by atoms with E-state index in [1.54, 1.807) is 13.2 Å². The van der Waals surface area contributed by atoms with Crippen LogP contribution in [-0.4, -0.2) is 7.11 Å². The molecule has 0 fully saturated rings. The quantitative estimate of drug-likeness (QED) is 0.667. The first-order chi connectivity index (χ1) is 8.70. The maximum Gasteiger partial charge on any atom is 0.120 e. The first-order valence-electron chi connectivity index (χ1n) is 5.32. The SMILES string of the molecule is COc1cccc(NN(Cl)c2ccccc2Cl)c1. The van der Waals surface area contributed by atoms with Crippen LogP contribution in [0.25, 0.3) is 0 Å². The van der Waals surface area contributed by atoms with E-state index in [9.17, 15) is 0 Å². The number of hydrogen-bond acceptors (Lipinski definition) is 3. The second-order valence-corrected chi connectivity index (χ2v) is 4.32. The Morgan fingerprint density at radius 3 is 2.61 bits per heavy atom. The molecule has 0 unspecified atom stereocenters. The Kier molecular flexibility index (Phi) is 4.18. The van der Waals surface area contributed by atoms with Crippen molar-refractivity contribution < 1.29 is 4.74 Å². The van der Waals surface area contributed by atoms with E-state index in [1.807, 2.05) is 42.5 Å². The lowest BCUT2D eigenvalue weighted by Crippen LogP contribution is -2.18. The van der Waals surface area contributed by atoms with Crippen LogP contribution in [0.3, 0.4) is 0 Å². The number of halogens is 2. The van der Waals surface area contributed by atoms with Gasteiger partial charge in [-0.15, -0.1) is 0 Å². The molecule has 0 saturated heterocycles. The highest BCUT2D eigenvalue weighted by molar-refractivity contribution is 6.36. The van der Waals surface area contributed by atoms with E-state index in [1.165, 1.54) is 4.53 Å². The van der Waals surface area contributed by atoms with Gasteiger partial charge in [-0.1, -0.05) is 29.8 Å². The lowest BCUT2D eigenvalue weighted by Gasteiger charge is -2.19. The highest BCUT2D eigenvalue weighted by atomic mass is 35.5. The molecule has 0 aliphatic carbocycles. The molecule has 0 radical (unpaired) electrons. The van der Waals surface area contributed by atoms with Gasteiger partial charge in [-0.3, -0.25) is 5.43 Å². The van der Waals surface area contributed by atoms with Crippen molar-refractivity contribution in [3.8, 4) is 5.75 Å². The van der Waals surface area contributed by atoms with Crippen LogP contribution in [0, 0.1) is 0 Å². The van der Waals surface area contributed by atoms with Crippen molar-refractivity contribution in [3.63, 3.8) is 0 Å². The van der Waals surface area contributed by atoms with Gasteiger partial charge in [0.05, 0.1) is 23.5 Å². The summed E-state index contributed by atoms with van der Waals surface area (Å²) in [6.07, 6.45) is 0. The smallest absolute Gasteiger partial charge is 0.120 e. The molecule has 94 valence electrons. The molecular formula is C13H12Cl2N2O. The Balaban J connectivity index is 2.16. The van der Waals surface area contributed by atoms with Gasteiger partial charge in [-0.2, -0.15) is 4.53 Å². The normalized spacial score (nSPS) is 9.94. The third kappa shape index (κ3) is 3.00. The van der Waals surface area contributed by atoms with Crippen molar-refractivity contribution in [2.45, 2.75) is 0 Å². The van der Waals surface area contributed by atoms with E-state index < -0.39 is 0 Å². The lowest BCUT2D eigenvalue weighted by molar-refractivity contribution is 0.415. The second kappa shape index (κ2) is 5.85. The Bertz CT molecular complexity index is 534. The summed E-state index contributed by atoms with van der Waals surface area (Å²) in [6, 6.07) is 14.8. The van der Waals surface area contributed by atoms with Gasteiger partial charge in [-0.05, 0) is 24.3 Å². The number of nitrogens with one attached hydrogen (secondary N) is 1. The molecule has 0 aliphatic heterocycles. The number of hydrazine groups is 1. The highest BCUT2D eigenvalue weighted by Gasteiger charge is 2.07. The summed E-state index contributed by atoms with van der Waals surface area (Å²) < 4.78 is 6.48. The van der Waals surface area contributed by atoms with Crippen LogP contribution in [0.15, 0.2) is 48.5 Å². The third-order valence-corrected chi connectivity index (χ3v) is 2.95. The second-order valence-electron chi connectivity index (χ2n) is 3.58. The minimum Gasteiger partial charge on any atom is -0.497 e. The number of benzene rings is 2. The van der Waals surface area contributed by atoms with Gasteiger partial charge >= 0.3 is 0 Å². The average Bonchev–Trinajstić information content (AvgIpc) is 2.39. The van der Waals surface area contributed by atoms with Gasteiger partial charge in [0.1, 0.15) is 5.75 Å². The van der Waals surface area contributed by atoms with Crippen LogP contribution >= 0.6 is 23.4 Å². The van der Waals surface area contributed by atoms with Crippen LogP contribution in [0.1, 0.15) is 0 Å². The summed E-state index contributed by atoms with van der Waals surface area (Å²) in [5.74, 6) is 0.754. The molecule has 0 heterocycles. The number of nitrogens with zero attached hydrogens (tertiary/aromatic N) is 1. The molecule has 2 rings (SSSR count). The van der Waals surface area contributed by atoms with Gasteiger partial charge in [0.2, 0.25) is 0 Å². The summed E-state index contributed by atoms with van der Waals surface area (Å²) >= 11 is 12.2. The predicted molar refractivity (Wildman–Crippen MR) is 76.4 cm³/mol. The summed E-state index contributed by atoms with van der Waals surface area (Å²) in [6.45, 7) is 0. The van der Waals surface area contributed by atoms with Crippen molar-refractivity contribution in [1.29, 1.82) is 0 Å². The summed E-state index contributed by atoms with van der Waals surface area (Å²) in [5.41, 5.74) is 4.50. The standard InChI is InChI=1S/C13H12Cl2N2O/c1-18-11-6-4-5-10(9-11)16-17(15)13-8-3-2-7-12(13)14/h2-9,16H,1H3. The monoisotopic (exact) mass is 282 g/mol. The zero-order valence-electron chi connectivity index (χ0n) is 9.73. The van der Waals surface area contributed by atoms with Gasteiger partial charge in [0.25, 0.3) is 0 Å². The Labute approximate surface area is 116 Å². The van der Waals surface area contributed by atoms with Crippen molar-refractivity contribution in [3.05, 3.63) is 53.6 Å². The predicted octanol–water partition coefficient (Wildman–Crippen LogP) is 4.34. The van der Waals surface area contributed by atoms with Crippen molar-refractivity contribution in [1.82, 2.24) is 0 Å². The van der Waals surface area contributed by atoms with E-state index in [0.29, 0.717) is 10.7 Å². The van der Waals surface area contributed by atoms with E-state index in [2.05, 4.69) is 5.43 Å². The number of para-hydroxylation sites is 1. The van der Waals surface area contributed by atoms with Crippen LogP contribution in [0.4, 0.5) is 11.4 Å². The van der Waals surface area contributed by atoms with E-state index >= 15 is 0 Å². The fourth-order valence-corrected chi connectivity index (χ4v) is 1.99. The van der Waals surface area contributed by atoms with E-state index in [4.69, 9.17) is 28.1 Å². The number of rotatable bonds is 4. The minimum atomic E-state index is 0.572. The fourth-order valence-electron chi connectivity index (χ4n) is 1.48. The molecule has 0 amide bonds. The van der Waals surface area contributed by atoms with Gasteiger partial charge in [0.15, 0.2) is 0 Å². The number of ether oxygens (including phenoxy) is 1. The van der Waals surface area contributed by atoms with Crippen LogP contribution < -0.4 is 14.7 Å². The molecule has 0 atom stereocenters. The fraction of sp³-hybridized carbons (Fsp3) is 0.0769. The van der Waals surface area contributed by atoms with Crippen molar-refractivity contribution in [2.24, 2.45) is 0 Å². The van der Waals surface area contributed by atoms with Crippen LogP contribution in [0.5, 0.6) is 5.75 Å². The molecule has 0 aromatic heterocycles. The Hall–Kier alpha value is -1.58. The third-order valence-electron chi connectivity index (χ3n) is 2.36. The number of methoxy groups -OCH3 is 1. The zero-order valence-corrected chi connectivity index (χ0v) is 11.2. The summed E-state index contributed by atoms with van der Waals surface area (Å²) in [5, 5.41) is 0.572. The molecule has 5 heteroatoms. The molecule has 0 saturated carbocycles. The Morgan fingerprint density at radius 1 is 1.11 bits per heavy atom. The molecule has 2 aromatic carbocycles. The van der Waals surface area contributed by atoms with E-state index in [-0.39, 0.29) is 0 Å². The van der Waals surface area contributed by atoms with E-state index in [0.717, 1.165) is 11.4 Å². The largest absolute Gasteiger partial charge is 0.497 e. The van der Waals surface area contributed by atoms with Crippen molar-refractivity contribution in [2.75, 3.05) is 17.1 Å². The van der Waals surface area contributed by atoms with Crippen LogP contribution in [0.2, 0.25) is 5.02 Å². The number of hydrogen-bond donors (Lipinski definition) is 1. The average molecular weight is 283 g/mol. The highest BCUT2D eigenvalue weighted by Crippen LogP contribution is 2.27. The van der Waals surface area contributed by atoms with Gasteiger partial charge in [-0.25, -0.2) is 0 Å². The molecule has 18 heavy (non-hydrogen) atoms. The molecule has 1 N–H and O–H groups in total. The molecule has 3 nitrogen and oxygen atoms in total. The van der Waals surface area contributed by atoms with Crippen molar-refractivity contribution >= 4 is 34.8 Å². The summed E-state index contributed by atoms with van der Waals surface area (Å²) in [7, 11) is 1.62. The van der Waals surface area contributed by atoms with Crippen LogP contribution in [-0.2, 0) is 0 Å². The first-order valence-corrected chi connectivity index (χ1v) is 6.03. The zero-order chi connectivity index (χ0) is 13.0. The van der Waals surface area contributed by atoms with Gasteiger partial charge in [0, 0.05) is 17.8 Å². The molecule has 2 aromatic rings. The Morgan fingerprint density at radius 2 is 1.89 bits per heavy atom. The van der Waals surface area contributed by atoms with Gasteiger partial charge < -0.3 is 4.74 Å². The first kappa shape index (κ1) is 12.9.